The van der Waals surface area contributed by atoms with Crippen LogP contribution in [0, 0.1) is 76.4 Å². The minimum absolute atomic E-state index is 0.0330. The molecule has 0 bridgehead atoms. The molecule has 4 aromatic carbocycles. The van der Waals surface area contributed by atoms with Crippen LogP contribution in [-0.2, 0) is 53.5 Å². The summed E-state index contributed by atoms with van der Waals surface area (Å²) in [5.41, 5.74) is -3.30. The van der Waals surface area contributed by atoms with Crippen molar-refractivity contribution in [2.24, 2.45) is 0 Å². The van der Waals surface area contributed by atoms with Crippen molar-refractivity contribution >= 4 is 24.3 Å². The number of allylic oxidation sites excluding steroid dienone is 4. The fraction of sp³-hybridized carbons (Fsp3) is 0.281. The van der Waals surface area contributed by atoms with Crippen LogP contribution in [0.15, 0.2) is 148 Å². The number of nitrogens with zero attached hydrogens (tertiary/aromatic N) is 14. The number of aromatic hydroxyl groups is 1. The fourth-order valence-electron chi connectivity index (χ4n) is 8.35. The Morgan fingerprint density at radius 3 is 0.915 bits per heavy atom. The Hall–Kier alpha value is -12.5. The van der Waals surface area contributed by atoms with E-state index in [0.717, 1.165) is 19.3 Å². The molecule has 3 aliphatic rings. The highest BCUT2D eigenvalue weighted by Gasteiger charge is 2.32. The van der Waals surface area contributed by atoms with Crippen LogP contribution in [0.4, 0.5) is 0 Å². The molecule has 4 N–H and O–H groups in total. The molecule has 3 fully saturated rings. The Morgan fingerprint density at radius 2 is 0.681 bits per heavy atom. The van der Waals surface area contributed by atoms with Crippen LogP contribution in [-0.4, -0.2) is 124 Å². The minimum atomic E-state index is -1.49. The lowest BCUT2D eigenvalue weighted by Gasteiger charge is -2.20. The predicted molar refractivity (Wildman–Crippen MR) is 329 cm³/mol. The average molecular weight is 1280 g/mol. The maximum Gasteiger partial charge on any atom is 0.336 e. The molecular formula is C64H54N14O16. The highest BCUT2D eigenvalue weighted by Crippen LogP contribution is 2.19. The van der Waals surface area contributed by atoms with Crippen LogP contribution >= 0.6 is 0 Å². The molecule has 0 spiro atoms. The van der Waals surface area contributed by atoms with Crippen molar-refractivity contribution in [1.82, 2.24) is 27.4 Å². The second-order valence-electron chi connectivity index (χ2n) is 20.5. The molecule has 94 heavy (non-hydrogen) atoms. The number of aromatic nitrogens is 6. The smallest absolute Gasteiger partial charge is 0.336 e. The molecule has 9 rings (SSSR count). The first-order chi connectivity index (χ1) is 45.3. The van der Waals surface area contributed by atoms with Crippen LogP contribution in [0.5, 0.6) is 23.0 Å². The lowest BCUT2D eigenvalue weighted by molar-refractivity contribution is 0.0749. The van der Waals surface area contributed by atoms with Crippen molar-refractivity contribution in [2.75, 3.05) is 39.6 Å². The Balaban J connectivity index is 0.000000293. The summed E-state index contributed by atoms with van der Waals surface area (Å²) in [6.45, 7) is 19.5. The fourth-order valence-corrected chi connectivity index (χ4v) is 8.35. The van der Waals surface area contributed by atoms with Gasteiger partial charge in [0.25, 0.3) is 17.1 Å². The third-order valence-corrected chi connectivity index (χ3v) is 13.3. The number of hydrogen-bond donors (Lipinski definition) is 4. The molecule has 3 aliphatic heterocycles. The van der Waals surface area contributed by atoms with Gasteiger partial charge in [0.05, 0.1) is 115 Å². The second-order valence-corrected chi connectivity index (χ2v) is 20.5. The Labute approximate surface area is 533 Å². The van der Waals surface area contributed by atoms with Gasteiger partial charge in [-0.25, -0.2) is 86.5 Å². The first kappa shape index (κ1) is 69.0. The lowest BCUT2D eigenvalue weighted by atomic mass is 10.1. The third-order valence-electron chi connectivity index (χ3n) is 13.3. The van der Waals surface area contributed by atoms with Gasteiger partial charge in [0.1, 0.15) is 78.8 Å². The number of nitriles is 5. The zero-order chi connectivity index (χ0) is 67.8. The van der Waals surface area contributed by atoms with Gasteiger partial charge in [-0.05, 0) is 95.1 Å². The standard InChI is InChI=1S/C42H33N9O9.C12H15N3O6.C10H6N2O/c1-47-32(20-45)16-29-5-11-38(12-6-29)59-26-35(53)23-50-40(55)49(22-34(52)25-58-37-9-3-28(4-10-37)15-31(18-43)19-44)41(56)51(42(50)57)24-36(54)27-60-39-13-7-30(8-14-39)17-33(21-46)48-2;16-10-13(1-7-4-19-7)11(17)15(3-9-6-21-9)12(18)14(10)2-8-5-20-8;1-12-9(7-11)6-8-2-4-10(13)5-3-8/h3-17,34-36,52-54H,22-27H2;7-9H,1-6H2;2-6,13H/b32-16+,33-17+;;9-6-. The number of phenols is 1. The number of rotatable bonds is 25. The number of benzene rings is 4. The van der Waals surface area contributed by atoms with Gasteiger partial charge in [-0.1, -0.05) is 48.5 Å². The van der Waals surface area contributed by atoms with Crippen molar-refractivity contribution in [2.45, 2.75) is 75.9 Å². The molecule has 0 saturated carbocycles. The Kier molecular flexibility index (Phi) is 24.5. The maximum absolute atomic E-state index is 13.6. The van der Waals surface area contributed by atoms with Crippen molar-refractivity contribution in [3.63, 3.8) is 0 Å². The lowest BCUT2D eigenvalue weighted by Crippen LogP contribution is -2.57. The summed E-state index contributed by atoms with van der Waals surface area (Å²) in [5.74, 6) is 0.981. The zero-order valence-electron chi connectivity index (χ0n) is 49.4. The van der Waals surface area contributed by atoms with Crippen molar-refractivity contribution in [3.8, 4) is 53.3 Å². The summed E-state index contributed by atoms with van der Waals surface area (Å²) in [6.07, 6.45) is 0.728. The zero-order valence-corrected chi connectivity index (χ0v) is 49.4. The summed E-state index contributed by atoms with van der Waals surface area (Å²) >= 11 is 0. The van der Waals surface area contributed by atoms with Crippen LogP contribution in [0.25, 0.3) is 38.8 Å². The Bertz CT molecular complexity index is 4080. The first-order valence-electron chi connectivity index (χ1n) is 28.1. The van der Waals surface area contributed by atoms with Gasteiger partial charge in [-0.2, -0.15) is 10.5 Å². The van der Waals surface area contributed by atoms with Crippen LogP contribution in [0.2, 0.25) is 0 Å². The molecule has 0 radical (unpaired) electrons. The maximum atomic E-state index is 13.6. The normalized spacial score (nSPS) is 15.9. The average Bonchev–Trinajstić information content (AvgIpc) is 1.48. The first-order valence-corrected chi connectivity index (χ1v) is 28.1. The highest BCUT2D eigenvalue weighted by atomic mass is 16.6. The summed E-state index contributed by atoms with van der Waals surface area (Å²) in [4.78, 5) is 87.2. The summed E-state index contributed by atoms with van der Waals surface area (Å²) in [7, 11) is 0. The van der Waals surface area contributed by atoms with Crippen molar-refractivity contribution < 1.29 is 48.8 Å². The summed E-state index contributed by atoms with van der Waals surface area (Å²) < 4.78 is 36.9. The Morgan fingerprint density at radius 1 is 0.436 bits per heavy atom. The molecule has 2 aromatic heterocycles. The number of aliphatic hydroxyl groups is 3. The van der Waals surface area contributed by atoms with Crippen LogP contribution in [0.3, 0.4) is 0 Å². The predicted octanol–water partition coefficient (Wildman–Crippen LogP) is 2.03. The van der Waals surface area contributed by atoms with Gasteiger partial charge in [0, 0.05) is 0 Å². The summed E-state index contributed by atoms with van der Waals surface area (Å²) in [5, 5.41) is 85.9. The molecule has 6 unspecified atom stereocenters. The van der Waals surface area contributed by atoms with Gasteiger partial charge in [-0.3, -0.25) is 0 Å². The van der Waals surface area contributed by atoms with Crippen LogP contribution < -0.4 is 48.3 Å². The molecule has 30 nitrogen and oxygen atoms in total. The van der Waals surface area contributed by atoms with E-state index in [4.69, 9.17) is 79.6 Å². The number of aliphatic hydroxyl groups excluding tert-OH is 3. The van der Waals surface area contributed by atoms with Crippen molar-refractivity contribution in [1.29, 1.82) is 26.3 Å². The molecular weight excluding hydrogens is 1220 g/mol. The van der Waals surface area contributed by atoms with Gasteiger partial charge >= 0.3 is 34.1 Å². The molecule has 0 aliphatic carbocycles. The third kappa shape index (κ3) is 20.3. The minimum Gasteiger partial charge on any atom is -0.508 e. The number of epoxide rings is 3. The van der Waals surface area contributed by atoms with E-state index in [1.54, 1.807) is 78.9 Å². The monoisotopic (exact) mass is 1270 g/mol. The van der Waals surface area contributed by atoms with E-state index in [1.165, 1.54) is 72.8 Å². The van der Waals surface area contributed by atoms with E-state index in [2.05, 4.69) is 14.5 Å². The second kappa shape index (κ2) is 33.4. The van der Waals surface area contributed by atoms with Crippen LogP contribution in [0.1, 0.15) is 22.3 Å². The molecule has 6 atom stereocenters. The van der Waals surface area contributed by atoms with Gasteiger partial charge < -0.3 is 48.8 Å². The van der Waals surface area contributed by atoms with E-state index in [-0.39, 0.29) is 83.6 Å². The quantitative estimate of drug-likeness (QED) is 0.0362. The van der Waals surface area contributed by atoms with E-state index in [0.29, 0.717) is 50.2 Å². The topological polar surface area (TPSA) is 410 Å². The number of ether oxygens (including phenoxy) is 6. The van der Waals surface area contributed by atoms with E-state index < -0.39 is 91.9 Å². The van der Waals surface area contributed by atoms with E-state index >= 15 is 0 Å². The van der Waals surface area contributed by atoms with Gasteiger partial charge in [0.2, 0.25) is 0 Å². The number of phenolic OH excluding ortho intramolecular Hbond substituents is 1. The van der Waals surface area contributed by atoms with E-state index in [9.17, 15) is 44.1 Å². The van der Waals surface area contributed by atoms with Crippen molar-refractivity contribution in [3.05, 3.63) is 239 Å². The number of hydrogen-bond acceptors (Lipinski definition) is 21. The SMILES string of the molecule is O=c1n(CC2CO2)c(=O)n(CC2CO2)c(=O)n1CC1CO1.[C-]#[N+]/C(C#N)=C/c1ccc(OCC(O)Cn2c(=O)n(CC(O)COc3ccc(C=C(C#N)C#N)cc3)c(=O)n(CC(O)COc3ccc(/C=C(\C#N)[N+]#[C-])cc3)c2=O)cc1.[C-]#[N+]/C(C#N)=C\c1ccc(O)cc1. The molecule has 30 heteroatoms. The molecule has 5 heterocycles. The van der Waals surface area contributed by atoms with Gasteiger partial charge in [0.15, 0.2) is 0 Å². The molecule has 3 saturated heterocycles. The van der Waals surface area contributed by atoms with Gasteiger partial charge in [-0.15, -0.1) is 0 Å². The largest absolute Gasteiger partial charge is 0.508 e. The molecule has 476 valence electrons. The van der Waals surface area contributed by atoms with E-state index in [1.807, 2.05) is 0 Å². The molecule has 6 aromatic rings. The molecule has 0 amide bonds. The summed E-state index contributed by atoms with van der Waals surface area (Å²) in [6, 6.07) is 33.5. The highest BCUT2D eigenvalue weighted by molar-refractivity contribution is 5.63.